The second-order valence-corrected chi connectivity index (χ2v) is 2.51. The number of hydrogen-bond donors (Lipinski definition) is 4. The zero-order valence-electron chi connectivity index (χ0n) is 6.20. The van der Waals surface area contributed by atoms with Crippen molar-refractivity contribution in [1.29, 1.82) is 0 Å². The Morgan fingerprint density at radius 3 is 1.57 bits per heavy atom. The van der Waals surface area contributed by atoms with Gasteiger partial charge in [0.2, 0.25) is 0 Å². The molecule has 14 heavy (non-hydrogen) atoms. The number of esters is 1. The van der Waals surface area contributed by atoms with Crippen LogP contribution < -0.4 is 0 Å². The average molecular weight is 238 g/mol. The second kappa shape index (κ2) is 6.38. The molecule has 11 heteroatoms. The molecule has 0 fully saturated rings. The Morgan fingerprint density at radius 1 is 1.21 bits per heavy atom. The number of phosphoric acid groups is 1. The summed E-state index contributed by atoms with van der Waals surface area (Å²) in [5.74, 6) is -3.99. The van der Waals surface area contributed by atoms with Crippen LogP contribution in [0.4, 0.5) is 8.78 Å². The summed E-state index contributed by atoms with van der Waals surface area (Å²) in [6.07, 6.45) is 0. The summed E-state index contributed by atoms with van der Waals surface area (Å²) < 4.78 is 33.7. The molecule has 8 nitrogen and oxygen atoms in total. The smallest absolute Gasteiger partial charge is 0.466 e. The Balaban J connectivity index is 0. The van der Waals surface area contributed by atoms with Crippen molar-refractivity contribution in [2.24, 2.45) is 0 Å². The van der Waals surface area contributed by atoms with Crippen molar-refractivity contribution >= 4 is 19.8 Å². The van der Waals surface area contributed by atoms with Crippen LogP contribution in [0.2, 0.25) is 0 Å². The molecule has 0 aliphatic heterocycles. The highest BCUT2D eigenvalue weighted by Gasteiger charge is 2.17. The van der Waals surface area contributed by atoms with Gasteiger partial charge in [-0.3, -0.25) is 0 Å². The number of ether oxygens (including phenoxy) is 1. The zero-order valence-corrected chi connectivity index (χ0v) is 7.10. The number of carbonyl (C=O) groups excluding carboxylic acids is 1. The normalized spacial score (nSPS) is 10.1. The first kappa shape index (κ1) is 15.4. The molecule has 0 amide bonds. The first-order valence-electron chi connectivity index (χ1n) is 2.54. The first-order valence-corrected chi connectivity index (χ1v) is 4.11. The van der Waals surface area contributed by atoms with Crippen LogP contribution in [0.15, 0.2) is 0 Å². The molecule has 0 spiro atoms. The maximum Gasteiger partial charge on any atom is 0.466 e. The number of alkyl halides is 2. The molecule has 84 valence electrons. The summed E-state index contributed by atoms with van der Waals surface area (Å²) >= 11 is 0. The SMILES string of the molecule is O=C(O)C(=O)OC(F)F.O=P(O)(O)O. The van der Waals surface area contributed by atoms with E-state index in [1.54, 1.807) is 0 Å². The maximum absolute atomic E-state index is 10.9. The highest BCUT2D eigenvalue weighted by atomic mass is 31.2. The maximum atomic E-state index is 10.9. The molecule has 0 aromatic rings. The van der Waals surface area contributed by atoms with Gasteiger partial charge in [-0.1, -0.05) is 0 Å². The summed E-state index contributed by atoms with van der Waals surface area (Å²) in [5.41, 5.74) is 0. The molecule has 0 unspecified atom stereocenters. The molecule has 0 aliphatic carbocycles. The fourth-order valence-corrected chi connectivity index (χ4v) is 0.131. The average Bonchev–Trinajstić information content (AvgIpc) is 1.80. The van der Waals surface area contributed by atoms with E-state index in [2.05, 4.69) is 4.74 Å². The summed E-state index contributed by atoms with van der Waals surface area (Å²) in [6.45, 7) is -3.37. The molecule has 0 heterocycles. The molecule has 0 rings (SSSR count). The third-order valence-electron chi connectivity index (χ3n) is 0.371. The van der Waals surface area contributed by atoms with E-state index < -0.39 is 26.4 Å². The van der Waals surface area contributed by atoms with Crippen LogP contribution in [0.3, 0.4) is 0 Å². The molecule has 0 aliphatic rings. The fraction of sp³-hybridized carbons (Fsp3) is 0.333. The lowest BCUT2D eigenvalue weighted by Gasteiger charge is -1.95. The minimum Gasteiger partial charge on any atom is -0.473 e. The Labute approximate surface area is 75.0 Å². The first-order chi connectivity index (χ1) is 6.04. The topological polar surface area (TPSA) is 141 Å². The molecule has 0 aromatic heterocycles. The van der Waals surface area contributed by atoms with Crippen molar-refractivity contribution in [3.05, 3.63) is 0 Å². The number of halogens is 2. The molecule has 0 bridgehead atoms. The Hall–Kier alpha value is -1.09. The molecule has 0 aromatic carbocycles. The summed E-state index contributed by atoms with van der Waals surface area (Å²) in [6, 6.07) is 0. The molecule has 0 radical (unpaired) electrons. The van der Waals surface area contributed by atoms with Gasteiger partial charge in [-0.05, 0) is 0 Å². The standard InChI is InChI=1S/C3H2F2O4.H3O4P/c4-3(5)9-2(8)1(6)7;1-5(2,3)4/h3H,(H,6,7);(H3,1,2,3,4). The van der Waals surface area contributed by atoms with Crippen LogP contribution in [-0.4, -0.2) is 38.3 Å². The van der Waals surface area contributed by atoms with E-state index in [9.17, 15) is 18.4 Å². The number of carboxylic acids is 1. The predicted octanol–water partition coefficient (Wildman–Crippen LogP) is -1.09. The summed E-state index contributed by atoms with van der Waals surface area (Å²) in [7, 11) is -4.64. The third-order valence-corrected chi connectivity index (χ3v) is 0.371. The van der Waals surface area contributed by atoms with Crippen LogP contribution >= 0.6 is 7.82 Å². The van der Waals surface area contributed by atoms with Crippen molar-refractivity contribution in [3.8, 4) is 0 Å². The predicted molar refractivity (Wildman–Crippen MR) is 34.0 cm³/mol. The van der Waals surface area contributed by atoms with Gasteiger partial charge >= 0.3 is 26.4 Å². The van der Waals surface area contributed by atoms with Crippen LogP contribution in [0, 0.1) is 0 Å². The Bertz CT molecular complexity index is 237. The van der Waals surface area contributed by atoms with Gasteiger partial charge < -0.3 is 24.5 Å². The van der Waals surface area contributed by atoms with Gasteiger partial charge in [-0.15, -0.1) is 0 Å². The van der Waals surface area contributed by atoms with E-state index in [4.69, 9.17) is 24.4 Å². The van der Waals surface area contributed by atoms with Crippen molar-refractivity contribution in [1.82, 2.24) is 0 Å². The molecular weight excluding hydrogens is 233 g/mol. The number of aliphatic carboxylic acids is 1. The van der Waals surface area contributed by atoms with E-state index in [0.717, 1.165) is 0 Å². The fourth-order valence-electron chi connectivity index (χ4n) is 0.131. The molecule has 0 saturated carbocycles. The van der Waals surface area contributed by atoms with Gasteiger partial charge in [-0.2, -0.15) is 8.78 Å². The second-order valence-electron chi connectivity index (χ2n) is 1.48. The van der Waals surface area contributed by atoms with Gasteiger partial charge in [0.05, 0.1) is 0 Å². The van der Waals surface area contributed by atoms with Gasteiger partial charge in [-0.25, -0.2) is 14.2 Å². The third kappa shape index (κ3) is 22.4. The lowest BCUT2D eigenvalue weighted by Crippen LogP contribution is -2.18. The van der Waals surface area contributed by atoms with Crippen LogP contribution in [0.25, 0.3) is 0 Å². The number of rotatable bonds is 1. The van der Waals surface area contributed by atoms with E-state index >= 15 is 0 Å². The molecule has 0 atom stereocenters. The lowest BCUT2D eigenvalue weighted by atomic mass is 10.7. The number of carboxylic acid groups (broad SMARTS) is 1. The molecular formula is C3H5F2O8P. The quantitative estimate of drug-likeness (QED) is 0.256. The largest absolute Gasteiger partial charge is 0.473 e. The number of carbonyl (C=O) groups is 2. The van der Waals surface area contributed by atoms with E-state index in [0.29, 0.717) is 0 Å². The van der Waals surface area contributed by atoms with E-state index in [1.165, 1.54) is 0 Å². The zero-order chi connectivity index (χ0) is 11.9. The monoisotopic (exact) mass is 238 g/mol. The van der Waals surface area contributed by atoms with E-state index in [1.807, 2.05) is 0 Å². The Kier molecular flexibility index (Phi) is 7.01. The Morgan fingerprint density at radius 2 is 1.50 bits per heavy atom. The van der Waals surface area contributed by atoms with Crippen LogP contribution in [-0.2, 0) is 18.9 Å². The van der Waals surface area contributed by atoms with Gasteiger partial charge in [0.25, 0.3) is 0 Å². The highest BCUT2D eigenvalue weighted by Crippen LogP contribution is 2.25. The van der Waals surface area contributed by atoms with Crippen molar-refractivity contribution in [3.63, 3.8) is 0 Å². The molecule has 0 saturated heterocycles. The van der Waals surface area contributed by atoms with Crippen molar-refractivity contribution < 1.29 is 47.5 Å². The van der Waals surface area contributed by atoms with Crippen molar-refractivity contribution in [2.45, 2.75) is 6.61 Å². The van der Waals surface area contributed by atoms with E-state index in [-0.39, 0.29) is 0 Å². The molecule has 4 N–H and O–H groups in total. The van der Waals surface area contributed by atoms with Gasteiger partial charge in [0, 0.05) is 0 Å². The van der Waals surface area contributed by atoms with Gasteiger partial charge in [0.15, 0.2) is 0 Å². The summed E-state index contributed by atoms with van der Waals surface area (Å²) in [5, 5.41) is 7.62. The minimum atomic E-state index is -4.64. The highest BCUT2D eigenvalue weighted by molar-refractivity contribution is 7.45. The number of hydrogen-bond acceptors (Lipinski definition) is 4. The summed E-state index contributed by atoms with van der Waals surface area (Å²) in [4.78, 5) is 40.6. The van der Waals surface area contributed by atoms with Gasteiger partial charge in [0.1, 0.15) is 0 Å². The van der Waals surface area contributed by atoms with Crippen molar-refractivity contribution in [2.75, 3.05) is 0 Å². The van der Waals surface area contributed by atoms with Crippen LogP contribution in [0.5, 0.6) is 0 Å². The minimum absolute atomic E-state index is 1.95. The van der Waals surface area contributed by atoms with Crippen LogP contribution in [0.1, 0.15) is 0 Å². The lowest BCUT2D eigenvalue weighted by molar-refractivity contribution is -0.186.